The Morgan fingerprint density at radius 3 is 2.13 bits per heavy atom. The smallest absolute Gasteiger partial charge is 0.241 e. The highest BCUT2D eigenvalue weighted by Crippen LogP contribution is 2.14. The molecule has 0 aliphatic heterocycles. The Bertz CT molecular complexity index is 624. The number of hydrogen-bond donors (Lipinski definition) is 3. The molecule has 23 heavy (non-hydrogen) atoms. The van der Waals surface area contributed by atoms with Gasteiger partial charge < -0.3 is 16.2 Å². The van der Waals surface area contributed by atoms with Crippen LogP contribution in [0.3, 0.4) is 0 Å². The summed E-state index contributed by atoms with van der Waals surface area (Å²) in [4.78, 5) is 12.1. The number of hydrogen-bond acceptors (Lipinski definition) is 3. The van der Waals surface area contributed by atoms with Crippen molar-refractivity contribution in [3.05, 3.63) is 70.8 Å². The van der Waals surface area contributed by atoms with Crippen LogP contribution < -0.4 is 11.1 Å². The summed E-state index contributed by atoms with van der Waals surface area (Å²) in [6.45, 7) is 4.13. The Balaban J connectivity index is 0.00000264. The number of aliphatic hydroxyl groups is 1. The standard InChI is InChI=1S/C18H22N2O2.ClH/c1-12-3-7-16(8-4-12)17(19)18(22)20-11-14-5-9-15(10-6-14)13(2)21;/h3-10,13,17,21H,11,19H2,1-2H3,(H,20,22);1H. The fourth-order valence-electron chi connectivity index (χ4n) is 2.14. The van der Waals surface area contributed by atoms with Crippen LogP contribution in [-0.2, 0) is 11.3 Å². The van der Waals surface area contributed by atoms with Crippen LogP contribution in [0.15, 0.2) is 48.5 Å². The minimum absolute atomic E-state index is 0. The number of nitrogens with two attached hydrogens (primary N) is 1. The summed E-state index contributed by atoms with van der Waals surface area (Å²) in [7, 11) is 0. The van der Waals surface area contributed by atoms with Gasteiger partial charge in [-0.2, -0.15) is 0 Å². The van der Waals surface area contributed by atoms with E-state index in [9.17, 15) is 9.90 Å². The number of halogens is 1. The largest absolute Gasteiger partial charge is 0.389 e. The highest BCUT2D eigenvalue weighted by molar-refractivity contribution is 5.85. The zero-order valence-electron chi connectivity index (χ0n) is 13.3. The van der Waals surface area contributed by atoms with Crippen molar-refractivity contribution in [2.45, 2.75) is 32.5 Å². The normalized spacial score (nSPS) is 12.9. The monoisotopic (exact) mass is 334 g/mol. The van der Waals surface area contributed by atoms with Gasteiger partial charge in [0.1, 0.15) is 6.04 Å². The van der Waals surface area contributed by atoms with Crippen LogP contribution >= 0.6 is 12.4 Å². The molecule has 124 valence electrons. The second-order valence-electron chi connectivity index (χ2n) is 5.52. The first kappa shape index (κ1) is 19.2. The number of amides is 1. The minimum atomic E-state index is -0.669. The Labute approximate surface area is 143 Å². The average Bonchev–Trinajstić information content (AvgIpc) is 2.53. The lowest BCUT2D eigenvalue weighted by Gasteiger charge is -2.13. The zero-order chi connectivity index (χ0) is 16.1. The summed E-state index contributed by atoms with van der Waals surface area (Å²) in [6, 6.07) is 14.4. The van der Waals surface area contributed by atoms with Gasteiger partial charge in [-0.1, -0.05) is 54.1 Å². The quantitative estimate of drug-likeness (QED) is 0.787. The number of nitrogens with one attached hydrogen (secondary N) is 1. The summed E-state index contributed by atoms with van der Waals surface area (Å²) in [6.07, 6.45) is -0.487. The van der Waals surface area contributed by atoms with E-state index in [-0.39, 0.29) is 18.3 Å². The van der Waals surface area contributed by atoms with Crippen molar-refractivity contribution < 1.29 is 9.90 Å². The molecule has 0 heterocycles. The predicted octanol–water partition coefficient (Wildman–Crippen LogP) is 2.79. The predicted molar refractivity (Wildman–Crippen MR) is 94.3 cm³/mol. The van der Waals surface area contributed by atoms with Gasteiger partial charge in [0.2, 0.25) is 5.91 Å². The van der Waals surface area contributed by atoms with E-state index in [2.05, 4.69) is 5.32 Å². The second-order valence-corrected chi connectivity index (χ2v) is 5.52. The van der Waals surface area contributed by atoms with E-state index in [1.807, 2.05) is 55.5 Å². The van der Waals surface area contributed by atoms with E-state index >= 15 is 0 Å². The average molecular weight is 335 g/mol. The van der Waals surface area contributed by atoms with Crippen molar-refractivity contribution in [1.29, 1.82) is 0 Å². The van der Waals surface area contributed by atoms with Crippen LogP contribution in [0.5, 0.6) is 0 Å². The molecule has 0 aliphatic carbocycles. The first-order valence-corrected chi connectivity index (χ1v) is 7.34. The molecule has 4 nitrogen and oxygen atoms in total. The van der Waals surface area contributed by atoms with Gasteiger partial charge >= 0.3 is 0 Å². The van der Waals surface area contributed by atoms with Crippen molar-refractivity contribution in [2.75, 3.05) is 0 Å². The van der Waals surface area contributed by atoms with Gasteiger partial charge in [0, 0.05) is 6.54 Å². The third-order valence-electron chi connectivity index (χ3n) is 3.65. The molecule has 0 saturated heterocycles. The molecule has 0 fully saturated rings. The second kappa shape index (κ2) is 8.67. The number of benzene rings is 2. The molecule has 0 aromatic heterocycles. The maximum Gasteiger partial charge on any atom is 0.241 e. The molecule has 0 aliphatic rings. The van der Waals surface area contributed by atoms with Crippen molar-refractivity contribution in [2.24, 2.45) is 5.73 Å². The molecular weight excluding hydrogens is 312 g/mol. The maximum atomic E-state index is 12.1. The number of aliphatic hydroxyl groups excluding tert-OH is 1. The SMILES string of the molecule is Cc1ccc(C(N)C(=O)NCc2ccc(C(C)O)cc2)cc1.Cl. The van der Waals surface area contributed by atoms with Gasteiger partial charge in [-0.15, -0.1) is 12.4 Å². The highest BCUT2D eigenvalue weighted by Gasteiger charge is 2.15. The van der Waals surface area contributed by atoms with Gasteiger partial charge in [0.15, 0.2) is 0 Å². The van der Waals surface area contributed by atoms with Crippen LogP contribution in [0, 0.1) is 6.92 Å². The molecule has 0 saturated carbocycles. The van der Waals surface area contributed by atoms with Crippen LogP contribution in [0.1, 0.15) is 41.3 Å². The van der Waals surface area contributed by atoms with Gasteiger partial charge in [0.25, 0.3) is 0 Å². The molecule has 2 rings (SSSR count). The molecule has 0 bridgehead atoms. The van der Waals surface area contributed by atoms with E-state index in [4.69, 9.17) is 5.73 Å². The third kappa shape index (κ3) is 5.36. The fourth-order valence-corrected chi connectivity index (χ4v) is 2.14. The van der Waals surface area contributed by atoms with Gasteiger partial charge in [-0.25, -0.2) is 0 Å². The van der Waals surface area contributed by atoms with Crippen LogP contribution in [0.4, 0.5) is 0 Å². The van der Waals surface area contributed by atoms with Crippen molar-refractivity contribution in [3.63, 3.8) is 0 Å². The lowest BCUT2D eigenvalue weighted by molar-refractivity contribution is -0.122. The number of carbonyl (C=O) groups excluding carboxylic acids is 1. The molecular formula is C18H23ClN2O2. The third-order valence-corrected chi connectivity index (χ3v) is 3.65. The summed E-state index contributed by atoms with van der Waals surface area (Å²) in [5.41, 5.74) is 9.72. The molecule has 1 amide bonds. The molecule has 2 aromatic rings. The Morgan fingerprint density at radius 1 is 1.09 bits per heavy atom. The van der Waals surface area contributed by atoms with E-state index in [0.717, 1.165) is 22.3 Å². The molecule has 2 atom stereocenters. The van der Waals surface area contributed by atoms with Gasteiger partial charge in [0.05, 0.1) is 6.10 Å². The Hall–Kier alpha value is -1.88. The van der Waals surface area contributed by atoms with E-state index in [1.54, 1.807) is 6.92 Å². The first-order valence-electron chi connectivity index (χ1n) is 7.34. The molecule has 4 N–H and O–H groups in total. The lowest BCUT2D eigenvalue weighted by atomic mass is 10.0. The fraction of sp³-hybridized carbons (Fsp3) is 0.278. The summed E-state index contributed by atoms with van der Waals surface area (Å²) in [5, 5.41) is 12.3. The zero-order valence-corrected chi connectivity index (χ0v) is 14.1. The van der Waals surface area contributed by atoms with Gasteiger partial charge in [-0.05, 0) is 30.5 Å². The molecule has 2 aromatic carbocycles. The first-order chi connectivity index (χ1) is 10.5. The van der Waals surface area contributed by atoms with E-state index < -0.39 is 12.1 Å². The van der Waals surface area contributed by atoms with Crippen LogP contribution in [0.25, 0.3) is 0 Å². The van der Waals surface area contributed by atoms with Crippen LogP contribution in [0.2, 0.25) is 0 Å². The number of carbonyl (C=O) groups is 1. The van der Waals surface area contributed by atoms with Crippen molar-refractivity contribution in [3.8, 4) is 0 Å². The topological polar surface area (TPSA) is 75.4 Å². The van der Waals surface area contributed by atoms with Crippen molar-refractivity contribution in [1.82, 2.24) is 5.32 Å². The summed E-state index contributed by atoms with van der Waals surface area (Å²) < 4.78 is 0. The molecule has 2 unspecified atom stereocenters. The van der Waals surface area contributed by atoms with Gasteiger partial charge in [-0.3, -0.25) is 4.79 Å². The Morgan fingerprint density at radius 2 is 1.61 bits per heavy atom. The highest BCUT2D eigenvalue weighted by atomic mass is 35.5. The summed E-state index contributed by atoms with van der Waals surface area (Å²) in [5.74, 6) is -0.205. The van der Waals surface area contributed by atoms with E-state index in [1.165, 1.54) is 0 Å². The molecule has 0 spiro atoms. The molecule has 5 heteroatoms. The summed E-state index contributed by atoms with van der Waals surface area (Å²) >= 11 is 0. The Kier molecular flexibility index (Phi) is 7.23. The van der Waals surface area contributed by atoms with Crippen molar-refractivity contribution >= 4 is 18.3 Å². The van der Waals surface area contributed by atoms with Crippen LogP contribution in [-0.4, -0.2) is 11.0 Å². The number of aryl methyl sites for hydroxylation is 1. The molecule has 0 radical (unpaired) electrons. The number of rotatable bonds is 5. The van der Waals surface area contributed by atoms with E-state index in [0.29, 0.717) is 6.54 Å². The maximum absolute atomic E-state index is 12.1. The minimum Gasteiger partial charge on any atom is -0.389 e. The lowest BCUT2D eigenvalue weighted by Crippen LogP contribution is -2.33.